The van der Waals surface area contributed by atoms with E-state index in [0.29, 0.717) is 29.3 Å². The maximum Gasteiger partial charge on any atom is 0.424 e. The number of carbonyl (C=O) groups is 1. The molecule has 0 N–H and O–H groups in total. The smallest absolute Gasteiger partial charge is 0.412 e. The number of nitrogens with zero attached hydrogens (tertiary/aromatic N) is 1. The fourth-order valence-corrected chi connectivity index (χ4v) is 2.81. The van der Waals surface area contributed by atoms with E-state index in [-0.39, 0.29) is 11.7 Å². The molecule has 2 aromatic rings. The van der Waals surface area contributed by atoms with Gasteiger partial charge in [-0.25, -0.2) is 9.36 Å². The monoisotopic (exact) mass is 291 g/mol. The Kier molecular flexibility index (Phi) is 3.26. The Labute approximate surface area is 121 Å². The number of aromatic nitrogens is 1. The maximum atomic E-state index is 12.0. The van der Waals surface area contributed by atoms with Gasteiger partial charge < -0.3 is 4.42 Å². The minimum absolute atomic E-state index is 0.0296. The van der Waals surface area contributed by atoms with E-state index in [1.165, 1.54) is 0 Å². The second-order valence-electron chi connectivity index (χ2n) is 5.10. The van der Waals surface area contributed by atoms with Gasteiger partial charge in [-0.3, -0.25) is 4.79 Å². The van der Waals surface area contributed by atoms with Gasteiger partial charge in [0.25, 0.3) is 0 Å². The molecule has 1 atom stereocenters. The van der Waals surface area contributed by atoms with E-state index in [0.717, 1.165) is 12.1 Å². The summed E-state index contributed by atoms with van der Waals surface area (Å²) in [7, 11) is 0. The molecule has 5 heteroatoms. The predicted octanol–water partition coefficient (Wildman–Crippen LogP) is 2.78. The van der Waals surface area contributed by atoms with Crippen LogP contribution in [0.4, 0.5) is 0 Å². The van der Waals surface area contributed by atoms with Crippen molar-refractivity contribution in [1.82, 2.24) is 4.57 Å². The minimum Gasteiger partial charge on any atom is -0.412 e. The lowest BCUT2D eigenvalue weighted by atomic mass is 9.87. The van der Waals surface area contributed by atoms with E-state index in [1.807, 2.05) is 0 Å². The molecule has 1 heterocycles. The van der Waals surface area contributed by atoms with Gasteiger partial charge in [-0.2, -0.15) is 0 Å². The van der Waals surface area contributed by atoms with Crippen molar-refractivity contribution in [3.8, 4) is 5.69 Å². The lowest BCUT2D eigenvalue weighted by molar-refractivity contribution is -0.121. The Morgan fingerprint density at radius 2 is 2.05 bits per heavy atom. The summed E-state index contributed by atoms with van der Waals surface area (Å²) in [5, 5.41) is 0.612. The van der Waals surface area contributed by atoms with Crippen LogP contribution in [0, 0.1) is 5.92 Å². The van der Waals surface area contributed by atoms with Crippen LogP contribution in [0.2, 0.25) is 5.02 Å². The van der Waals surface area contributed by atoms with E-state index in [9.17, 15) is 9.59 Å². The summed E-state index contributed by atoms with van der Waals surface area (Å²) in [5.74, 6) is 0.425. The van der Waals surface area contributed by atoms with Gasteiger partial charge in [0, 0.05) is 23.8 Å². The number of aryl methyl sites for hydroxylation is 1. The molecule has 1 aromatic carbocycles. The first-order valence-electron chi connectivity index (χ1n) is 6.56. The number of rotatable bonds is 2. The van der Waals surface area contributed by atoms with Gasteiger partial charge in [0.1, 0.15) is 11.5 Å². The van der Waals surface area contributed by atoms with Crippen LogP contribution in [0.3, 0.4) is 0 Å². The topological polar surface area (TPSA) is 52.2 Å². The molecule has 1 aliphatic carbocycles. The van der Waals surface area contributed by atoms with Crippen LogP contribution in [0.5, 0.6) is 0 Å². The molecule has 0 amide bonds. The van der Waals surface area contributed by atoms with E-state index < -0.39 is 5.76 Å². The Balaban J connectivity index is 2.09. The van der Waals surface area contributed by atoms with Crippen molar-refractivity contribution in [3.63, 3.8) is 0 Å². The first-order chi connectivity index (χ1) is 9.56. The zero-order valence-electron chi connectivity index (χ0n) is 11.1. The number of hydrogen-bond donors (Lipinski definition) is 0. The number of hydrogen-bond acceptors (Lipinski definition) is 3. The van der Waals surface area contributed by atoms with E-state index >= 15 is 0 Å². The molecule has 1 aliphatic rings. The van der Waals surface area contributed by atoms with Crippen LogP contribution in [0.1, 0.15) is 24.8 Å². The van der Waals surface area contributed by atoms with Crippen molar-refractivity contribution in [2.45, 2.75) is 26.2 Å². The molecule has 20 heavy (non-hydrogen) atoms. The van der Waals surface area contributed by atoms with Crippen molar-refractivity contribution in [2.75, 3.05) is 0 Å². The number of fused-ring (bicyclic) bond motifs is 1. The van der Waals surface area contributed by atoms with Gasteiger partial charge >= 0.3 is 5.76 Å². The Hall–Kier alpha value is -1.81. The van der Waals surface area contributed by atoms with Crippen molar-refractivity contribution >= 4 is 17.4 Å². The van der Waals surface area contributed by atoms with Crippen LogP contribution in [-0.2, 0) is 17.6 Å². The average molecular weight is 292 g/mol. The molecular weight excluding hydrogens is 278 g/mol. The molecule has 104 valence electrons. The first kappa shape index (κ1) is 13.2. The molecule has 0 saturated carbocycles. The van der Waals surface area contributed by atoms with Gasteiger partial charge in [-0.1, -0.05) is 11.6 Å². The number of carbonyl (C=O) groups excluding carboxylic acids is 1. The zero-order chi connectivity index (χ0) is 14.3. The Morgan fingerprint density at radius 1 is 1.35 bits per heavy atom. The van der Waals surface area contributed by atoms with Crippen LogP contribution in [-0.4, -0.2) is 10.4 Å². The molecule has 0 unspecified atom stereocenters. The minimum atomic E-state index is -0.401. The molecule has 0 spiro atoms. The molecule has 0 radical (unpaired) electrons. The second kappa shape index (κ2) is 4.94. The highest BCUT2D eigenvalue weighted by molar-refractivity contribution is 6.30. The molecule has 3 rings (SSSR count). The van der Waals surface area contributed by atoms with Crippen molar-refractivity contribution in [1.29, 1.82) is 0 Å². The third-order valence-corrected chi connectivity index (χ3v) is 4.06. The summed E-state index contributed by atoms with van der Waals surface area (Å²) in [5.41, 5.74) is 1.53. The van der Waals surface area contributed by atoms with Gasteiger partial charge in [-0.05, 0) is 37.6 Å². The normalized spacial score (nSPS) is 17.8. The van der Waals surface area contributed by atoms with Crippen LogP contribution < -0.4 is 5.76 Å². The van der Waals surface area contributed by atoms with Gasteiger partial charge in [-0.15, -0.1) is 0 Å². The Morgan fingerprint density at radius 3 is 2.70 bits per heavy atom. The number of halogens is 1. The van der Waals surface area contributed by atoms with Crippen molar-refractivity contribution < 1.29 is 9.21 Å². The highest BCUT2D eigenvalue weighted by Crippen LogP contribution is 2.27. The fraction of sp³-hybridized carbons (Fsp3) is 0.333. The first-order valence-corrected chi connectivity index (χ1v) is 6.94. The molecule has 0 fully saturated rings. The molecule has 0 aliphatic heterocycles. The summed E-state index contributed by atoms with van der Waals surface area (Å²) < 4.78 is 6.86. The largest absolute Gasteiger partial charge is 0.424 e. The third-order valence-electron chi connectivity index (χ3n) is 3.80. The molecule has 0 bridgehead atoms. The number of ketones is 1. The molecular formula is C15H14ClNO3. The quantitative estimate of drug-likeness (QED) is 0.855. The third kappa shape index (κ3) is 2.20. The lowest BCUT2D eigenvalue weighted by Gasteiger charge is -2.19. The number of Topliss-reactive ketones (excluding diaryl/α,β-unsaturated/α-hetero) is 1. The average Bonchev–Trinajstić information content (AvgIpc) is 2.75. The van der Waals surface area contributed by atoms with Crippen LogP contribution in [0.15, 0.2) is 33.5 Å². The fourth-order valence-electron chi connectivity index (χ4n) is 2.68. The van der Waals surface area contributed by atoms with Gasteiger partial charge in [0.05, 0.1) is 11.4 Å². The molecule has 1 aromatic heterocycles. The van der Waals surface area contributed by atoms with Crippen LogP contribution in [0.25, 0.3) is 5.69 Å². The van der Waals surface area contributed by atoms with Gasteiger partial charge in [0.15, 0.2) is 0 Å². The lowest BCUT2D eigenvalue weighted by Crippen LogP contribution is -2.23. The zero-order valence-corrected chi connectivity index (χ0v) is 11.8. The predicted molar refractivity (Wildman–Crippen MR) is 75.5 cm³/mol. The summed E-state index contributed by atoms with van der Waals surface area (Å²) >= 11 is 5.87. The number of oxazole rings is 1. The number of benzene rings is 1. The van der Waals surface area contributed by atoms with Crippen molar-refractivity contribution in [2.24, 2.45) is 5.92 Å². The second-order valence-corrected chi connectivity index (χ2v) is 5.54. The standard InChI is InChI=1S/C15H14ClNO3/c1-9(18)10-2-7-14-13(8-10)17(15(19)20-14)12-5-3-11(16)4-6-12/h3-6,10H,2,7-8H2,1H3/t10-/m0/s1. The SMILES string of the molecule is CC(=O)[C@H]1CCc2oc(=O)n(-c3ccc(Cl)cc3)c2C1. The van der Waals surface area contributed by atoms with E-state index in [2.05, 4.69) is 0 Å². The molecule has 0 saturated heterocycles. The van der Waals surface area contributed by atoms with Crippen LogP contribution >= 0.6 is 11.6 Å². The van der Waals surface area contributed by atoms with E-state index in [1.54, 1.807) is 35.8 Å². The summed E-state index contributed by atoms with van der Waals surface area (Å²) in [6, 6.07) is 7.01. The maximum absolute atomic E-state index is 12.0. The molecule has 4 nitrogen and oxygen atoms in total. The Bertz CT molecular complexity index is 712. The van der Waals surface area contributed by atoms with Gasteiger partial charge in [0.2, 0.25) is 0 Å². The van der Waals surface area contributed by atoms with Crippen molar-refractivity contribution in [3.05, 3.63) is 51.3 Å². The highest BCUT2D eigenvalue weighted by atomic mass is 35.5. The van der Waals surface area contributed by atoms with E-state index in [4.69, 9.17) is 16.0 Å². The highest BCUT2D eigenvalue weighted by Gasteiger charge is 2.28. The summed E-state index contributed by atoms with van der Waals surface area (Å²) in [6.07, 6.45) is 1.93. The summed E-state index contributed by atoms with van der Waals surface area (Å²) in [6.45, 7) is 1.60. The summed E-state index contributed by atoms with van der Waals surface area (Å²) in [4.78, 5) is 23.6.